The number of benzene rings is 2. The van der Waals surface area contributed by atoms with Crippen molar-refractivity contribution in [2.75, 3.05) is 18.4 Å². The number of sulfonamides is 1. The summed E-state index contributed by atoms with van der Waals surface area (Å²) in [5.41, 5.74) is 2.16. The lowest BCUT2D eigenvalue weighted by atomic mass is 10.1. The van der Waals surface area contributed by atoms with Gasteiger partial charge in [0.1, 0.15) is 0 Å². The maximum atomic E-state index is 12.5. The van der Waals surface area contributed by atoms with Gasteiger partial charge in [-0.15, -0.1) is 0 Å². The van der Waals surface area contributed by atoms with Gasteiger partial charge in [0, 0.05) is 27.9 Å². The molecule has 1 heterocycles. The highest BCUT2D eigenvalue weighted by Crippen LogP contribution is 2.22. The summed E-state index contributed by atoms with van der Waals surface area (Å²) in [4.78, 5) is 12.6. The molecule has 25 heavy (non-hydrogen) atoms. The Balaban J connectivity index is 1.76. The molecule has 1 amide bonds. The van der Waals surface area contributed by atoms with E-state index in [2.05, 4.69) is 27.9 Å². The van der Waals surface area contributed by atoms with Gasteiger partial charge in [0.2, 0.25) is 10.0 Å². The van der Waals surface area contributed by atoms with Crippen LogP contribution < -0.4 is 5.32 Å². The topological polar surface area (TPSA) is 66.5 Å². The van der Waals surface area contributed by atoms with Crippen molar-refractivity contribution in [2.24, 2.45) is 0 Å². The molecule has 1 aliphatic heterocycles. The monoisotopic (exact) mass is 470 g/mol. The Labute approximate surface area is 161 Å². The minimum absolute atomic E-state index is 0.233. The Morgan fingerprint density at radius 3 is 2.32 bits per heavy atom. The smallest absolute Gasteiger partial charge is 0.255 e. The maximum absolute atomic E-state index is 12.5. The summed E-state index contributed by atoms with van der Waals surface area (Å²) < 4.78 is 27.6. The summed E-state index contributed by atoms with van der Waals surface area (Å²) in [6, 6.07) is 11.9. The molecule has 1 N–H and O–H groups in total. The summed E-state index contributed by atoms with van der Waals surface area (Å²) in [7, 11) is -3.45. The third kappa shape index (κ3) is 4.04. The average molecular weight is 470 g/mol. The standard InChI is InChI=1S/C18H19IN2O3S/c1-13-12-15(19)6-9-17(13)20-18(22)14-4-7-16(8-5-14)25(23,24)21-10-2-3-11-21/h4-9,12H,2-3,10-11H2,1H3,(H,20,22). The van der Waals surface area contributed by atoms with E-state index in [0.29, 0.717) is 18.7 Å². The van der Waals surface area contributed by atoms with Crippen LogP contribution in [0.3, 0.4) is 0 Å². The van der Waals surface area contributed by atoms with Crippen LogP contribution in [0.5, 0.6) is 0 Å². The summed E-state index contributed by atoms with van der Waals surface area (Å²) >= 11 is 2.22. The highest BCUT2D eigenvalue weighted by atomic mass is 127. The van der Waals surface area contributed by atoms with Gasteiger partial charge in [0.05, 0.1) is 4.90 Å². The maximum Gasteiger partial charge on any atom is 0.255 e. The van der Waals surface area contributed by atoms with Crippen molar-refractivity contribution in [1.29, 1.82) is 0 Å². The van der Waals surface area contributed by atoms with Crippen molar-refractivity contribution in [1.82, 2.24) is 4.31 Å². The van der Waals surface area contributed by atoms with Crippen molar-refractivity contribution >= 4 is 44.2 Å². The fourth-order valence-electron chi connectivity index (χ4n) is 2.82. The van der Waals surface area contributed by atoms with E-state index in [0.717, 1.165) is 27.7 Å². The molecule has 0 radical (unpaired) electrons. The zero-order valence-corrected chi connectivity index (χ0v) is 16.8. The van der Waals surface area contributed by atoms with Crippen LogP contribution in [0.15, 0.2) is 47.4 Å². The average Bonchev–Trinajstić information content (AvgIpc) is 3.13. The highest BCUT2D eigenvalue weighted by Gasteiger charge is 2.27. The number of rotatable bonds is 4. The fraction of sp³-hybridized carbons (Fsp3) is 0.278. The molecule has 1 saturated heterocycles. The second-order valence-corrected chi connectivity index (χ2v) is 9.23. The Kier molecular flexibility index (Phi) is 5.45. The Morgan fingerprint density at radius 1 is 1.08 bits per heavy atom. The largest absolute Gasteiger partial charge is 0.322 e. The zero-order valence-electron chi connectivity index (χ0n) is 13.8. The van der Waals surface area contributed by atoms with Gasteiger partial charge in [0.25, 0.3) is 5.91 Å². The van der Waals surface area contributed by atoms with Gasteiger partial charge >= 0.3 is 0 Å². The number of carbonyl (C=O) groups excluding carboxylic acids is 1. The first-order valence-electron chi connectivity index (χ1n) is 8.05. The minimum atomic E-state index is -3.45. The molecule has 0 spiro atoms. The lowest BCUT2D eigenvalue weighted by molar-refractivity contribution is 0.102. The SMILES string of the molecule is Cc1cc(I)ccc1NC(=O)c1ccc(S(=O)(=O)N2CCCC2)cc1. The van der Waals surface area contributed by atoms with Crippen LogP contribution in [-0.2, 0) is 10.0 Å². The molecular weight excluding hydrogens is 451 g/mol. The van der Waals surface area contributed by atoms with E-state index in [4.69, 9.17) is 0 Å². The molecule has 0 saturated carbocycles. The number of hydrogen-bond donors (Lipinski definition) is 1. The summed E-state index contributed by atoms with van der Waals surface area (Å²) in [5.74, 6) is -0.255. The van der Waals surface area contributed by atoms with E-state index in [-0.39, 0.29) is 10.8 Å². The van der Waals surface area contributed by atoms with E-state index in [9.17, 15) is 13.2 Å². The first kappa shape index (κ1) is 18.3. The molecular formula is C18H19IN2O3S. The number of nitrogens with zero attached hydrogens (tertiary/aromatic N) is 1. The first-order chi connectivity index (χ1) is 11.9. The Morgan fingerprint density at radius 2 is 1.72 bits per heavy atom. The Bertz CT molecular complexity index is 889. The summed E-state index contributed by atoms with van der Waals surface area (Å²) in [6.45, 7) is 3.07. The molecule has 0 atom stereocenters. The molecule has 1 aliphatic rings. The third-order valence-electron chi connectivity index (χ3n) is 4.26. The van der Waals surface area contributed by atoms with Gasteiger partial charge in [-0.2, -0.15) is 4.31 Å². The van der Waals surface area contributed by atoms with Gasteiger partial charge < -0.3 is 5.32 Å². The van der Waals surface area contributed by atoms with Crippen LogP contribution in [-0.4, -0.2) is 31.7 Å². The van der Waals surface area contributed by atoms with Crippen LogP contribution in [0.1, 0.15) is 28.8 Å². The second kappa shape index (κ2) is 7.43. The number of amides is 1. The molecule has 7 heteroatoms. The van der Waals surface area contributed by atoms with E-state index >= 15 is 0 Å². The molecule has 2 aromatic rings. The van der Waals surface area contributed by atoms with Crippen molar-refractivity contribution < 1.29 is 13.2 Å². The number of anilines is 1. The van der Waals surface area contributed by atoms with Gasteiger partial charge in [-0.1, -0.05) is 0 Å². The number of aryl methyl sites for hydroxylation is 1. The summed E-state index contributed by atoms with van der Waals surface area (Å²) in [6.07, 6.45) is 1.80. The van der Waals surface area contributed by atoms with Gasteiger partial charge in [0.15, 0.2) is 0 Å². The Hall–Kier alpha value is -1.45. The van der Waals surface area contributed by atoms with Gasteiger partial charge in [-0.3, -0.25) is 4.79 Å². The van der Waals surface area contributed by atoms with Crippen molar-refractivity contribution in [2.45, 2.75) is 24.7 Å². The molecule has 0 aliphatic carbocycles. The second-order valence-electron chi connectivity index (χ2n) is 6.05. The van der Waals surface area contributed by atoms with Crippen molar-refractivity contribution in [3.63, 3.8) is 0 Å². The molecule has 132 valence electrons. The van der Waals surface area contributed by atoms with E-state index in [1.807, 2.05) is 25.1 Å². The van der Waals surface area contributed by atoms with Gasteiger partial charge in [-0.05, 0) is 90.4 Å². The fourth-order valence-corrected chi connectivity index (χ4v) is 4.98. The molecule has 0 bridgehead atoms. The number of carbonyl (C=O) groups is 1. The van der Waals surface area contributed by atoms with Crippen LogP contribution in [0.25, 0.3) is 0 Å². The van der Waals surface area contributed by atoms with Gasteiger partial charge in [-0.25, -0.2) is 8.42 Å². The van der Waals surface area contributed by atoms with Crippen molar-refractivity contribution in [3.8, 4) is 0 Å². The molecule has 2 aromatic carbocycles. The first-order valence-corrected chi connectivity index (χ1v) is 10.6. The lowest BCUT2D eigenvalue weighted by Crippen LogP contribution is -2.27. The van der Waals surface area contributed by atoms with Crippen LogP contribution in [0.2, 0.25) is 0 Å². The molecule has 0 aromatic heterocycles. The zero-order chi connectivity index (χ0) is 18.0. The van der Waals surface area contributed by atoms with E-state index in [1.54, 1.807) is 12.1 Å². The van der Waals surface area contributed by atoms with Crippen molar-refractivity contribution in [3.05, 3.63) is 57.2 Å². The molecule has 1 fully saturated rings. The predicted molar refractivity (Wildman–Crippen MR) is 106 cm³/mol. The third-order valence-corrected chi connectivity index (χ3v) is 6.84. The highest BCUT2D eigenvalue weighted by molar-refractivity contribution is 14.1. The molecule has 0 unspecified atom stereocenters. The summed E-state index contributed by atoms with van der Waals surface area (Å²) in [5, 5.41) is 2.86. The quantitative estimate of drug-likeness (QED) is 0.695. The van der Waals surface area contributed by atoms with Crippen LogP contribution in [0, 0.1) is 10.5 Å². The molecule has 3 rings (SSSR count). The van der Waals surface area contributed by atoms with E-state index < -0.39 is 10.0 Å². The minimum Gasteiger partial charge on any atom is -0.322 e. The normalized spacial score (nSPS) is 15.3. The molecule has 5 nitrogen and oxygen atoms in total. The van der Waals surface area contributed by atoms with Crippen LogP contribution in [0.4, 0.5) is 5.69 Å². The predicted octanol–water partition coefficient (Wildman–Crippen LogP) is 3.64. The number of halogens is 1. The van der Waals surface area contributed by atoms with Crippen LogP contribution >= 0.6 is 22.6 Å². The number of hydrogen-bond acceptors (Lipinski definition) is 3. The number of nitrogens with one attached hydrogen (secondary N) is 1. The van der Waals surface area contributed by atoms with E-state index in [1.165, 1.54) is 16.4 Å². The lowest BCUT2D eigenvalue weighted by Gasteiger charge is -2.15.